The van der Waals surface area contributed by atoms with E-state index in [0.29, 0.717) is 26.6 Å². The van der Waals surface area contributed by atoms with Crippen LogP contribution in [0.2, 0.25) is 0 Å². The van der Waals surface area contributed by atoms with Crippen molar-refractivity contribution in [2.75, 3.05) is 0 Å². The Balaban J connectivity index is 1.51. The van der Waals surface area contributed by atoms with Crippen LogP contribution < -0.4 is 19.6 Å². The van der Waals surface area contributed by atoms with Gasteiger partial charge in [0.25, 0.3) is 5.56 Å². The Labute approximate surface area is 207 Å². The average molecular weight is 535 g/mol. The van der Waals surface area contributed by atoms with Crippen LogP contribution >= 0.6 is 27.3 Å². The summed E-state index contributed by atoms with van der Waals surface area (Å²) in [6, 6.07) is 18.6. The first-order valence-electron chi connectivity index (χ1n) is 10.8. The zero-order valence-electron chi connectivity index (χ0n) is 18.3. The second kappa shape index (κ2) is 7.65. The summed E-state index contributed by atoms with van der Waals surface area (Å²) in [5, 5.41) is 0. The Morgan fingerprint density at radius 1 is 1.15 bits per heavy atom. The Kier molecular flexibility index (Phi) is 4.79. The Morgan fingerprint density at radius 2 is 1.91 bits per heavy atom. The van der Waals surface area contributed by atoms with Gasteiger partial charge in [0.2, 0.25) is 5.72 Å². The van der Waals surface area contributed by atoms with E-state index in [2.05, 4.69) is 15.9 Å². The van der Waals surface area contributed by atoms with Crippen molar-refractivity contribution in [1.82, 2.24) is 4.57 Å². The number of Topliss-reactive ketones (excluding diaryl/α,β-unsaturated/α-hetero) is 1. The first kappa shape index (κ1) is 21.3. The molecule has 4 aromatic rings. The lowest BCUT2D eigenvalue weighted by atomic mass is 9.79. The first-order chi connectivity index (χ1) is 16.3. The van der Waals surface area contributed by atoms with E-state index in [1.165, 1.54) is 18.3 Å². The van der Waals surface area contributed by atoms with Gasteiger partial charge in [-0.3, -0.25) is 14.2 Å². The number of rotatable bonds is 3. The molecule has 0 spiro atoms. The van der Waals surface area contributed by atoms with E-state index < -0.39 is 17.7 Å². The molecule has 2 bridgehead atoms. The highest BCUT2D eigenvalue weighted by Gasteiger charge is 2.53. The van der Waals surface area contributed by atoms with Crippen molar-refractivity contribution in [3.05, 3.63) is 96.1 Å². The van der Waals surface area contributed by atoms with Crippen LogP contribution in [0.1, 0.15) is 31.2 Å². The summed E-state index contributed by atoms with van der Waals surface area (Å²) in [5.74, 6) is 1.28. The van der Waals surface area contributed by atoms with E-state index in [9.17, 15) is 9.59 Å². The Hall–Kier alpha value is -3.23. The summed E-state index contributed by atoms with van der Waals surface area (Å²) in [4.78, 5) is 31.6. The van der Waals surface area contributed by atoms with Crippen molar-refractivity contribution in [3.63, 3.8) is 0 Å². The monoisotopic (exact) mass is 534 g/mol. The van der Waals surface area contributed by atoms with Gasteiger partial charge in [0.05, 0.1) is 10.6 Å². The number of hydrogen-bond donors (Lipinski definition) is 0. The van der Waals surface area contributed by atoms with E-state index in [-0.39, 0.29) is 11.3 Å². The summed E-state index contributed by atoms with van der Waals surface area (Å²) in [6.07, 6.45) is 1.73. The summed E-state index contributed by atoms with van der Waals surface area (Å²) in [6.45, 7) is 3.35. The topological polar surface area (TPSA) is 73.8 Å². The van der Waals surface area contributed by atoms with Gasteiger partial charge in [-0.1, -0.05) is 57.6 Å². The molecule has 0 radical (unpaired) electrons. The zero-order chi connectivity index (χ0) is 23.6. The van der Waals surface area contributed by atoms with E-state index in [0.717, 1.165) is 15.6 Å². The van der Waals surface area contributed by atoms with Crippen LogP contribution in [-0.4, -0.2) is 16.1 Å². The Morgan fingerprint density at radius 3 is 2.68 bits per heavy atom. The van der Waals surface area contributed by atoms with Crippen LogP contribution in [0.5, 0.6) is 5.75 Å². The highest BCUT2D eigenvalue weighted by Crippen LogP contribution is 2.47. The molecular formula is C26H19BrN2O4S. The lowest BCUT2D eigenvalue weighted by Crippen LogP contribution is -2.58. The zero-order valence-corrected chi connectivity index (χ0v) is 20.7. The predicted molar refractivity (Wildman–Crippen MR) is 133 cm³/mol. The van der Waals surface area contributed by atoms with Crippen LogP contribution in [0.15, 0.2) is 79.3 Å². The molecule has 0 N–H and O–H groups in total. The highest BCUT2D eigenvalue weighted by atomic mass is 79.9. The fourth-order valence-electron chi connectivity index (χ4n) is 4.89. The van der Waals surface area contributed by atoms with Gasteiger partial charge in [-0.05, 0) is 44.2 Å². The number of hydrogen-bond acceptors (Lipinski definition) is 6. The van der Waals surface area contributed by atoms with Gasteiger partial charge in [-0.25, -0.2) is 4.99 Å². The number of ketones is 1. The molecule has 8 heteroatoms. The fraction of sp³-hybridized carbons (Fsp3) is 0.192. The molecule has 3 unspecified atom stereocenters. The van der Waals surface area contributed by atoms with Crippen molar-refractivity contribution in [2.24, 2.45) is 10.9 Å². The molecule has 0 amide bonds. The molecule has 2 aliphatic rings. The van der Waals surface area contributed by atoms with Crippen molar-refractivity contribution in [1.29, 1.82) is 0 Å². The minimum absolute atomic E-state index is 0.0646. The number of furan rings is 1. The molecule has 2 aromatic heterocycles. The van der Waals surface area contributed by atoms with Gasteiger partial charge < -0.3 is 9.15 Å². The first-order valence-corrected chi connectivity index (χ1v) is 12.4. The van der Waals surface area contributed by atoms with E-state index >= 15 is 0 Å². The van der Waals surface area contributed by atoms with Crippen molar-refractivity contribution < 1.29 is 13.9 Å². The molecule has 0 saturated heterocycles. The number of aromatic nitrogens is 1. The second-order valence-electron chi connectivity index (χ2n) is 8.62. The summed E-state index contributed by atoms with van der Waals surface area (Å²) < 4.78 is 15.3. The summed E-state index contributed by atoms with van der Waals surface area (Å²) in [5.41, 5.74) is 0.497. The van der Waals surface area contributed by atoms with Gasteiger partial charge in [0, 0.05) is 21.7 Å². The molecular weight excluding hydrogens is 516 g/mol. The molecule has 34 heavy (non-hydrogen) atoms. The number of carbonyl (C=O) groups is 1. The summed E-state index contributed by atoms with van der Waals surface area (Å²) >= 11 is 4.72. The summed E-state index contributed by atoms with van der Waals surface area (Å²) in [7, 11) is 0. The molecule has 2 aromatic carbocycles. The third-order valence-electron chi connectivity index (χ3n) is 6.35. The molecule has 0 fully saturated rings. The predicted octanol–water partition coefficient (Wildman–Crippen LogP) is 4.30. The standard InChI is InChI=1S/C26H19BrN2O4S/c1-14(30)22-23-18-5-3-4-6-20(18)33-26(22,2)28-25-29(23)24(31)21(34-25)13-17-11-12-19(32-17)15-7-9-16(27)10-8-15/h3-13,22-23H,1-2H3. The largest absolute Gasteiger partial charge is 0.465 e. The molecule has 0 saturated carbocycles. The maximum Gasteiger partial charge on any atom is 0.271 e. The van der Waals surface area contributed by atoms with Crippen LogP contribution in [0, 0.1) is 5.92 Å². The fourth-order valence-corrected chi connectivity index (χ4v) is 6.23. The minimum Gasteiger partial charge on any atom is -0.465 e. The normalized spacial score (nSPS) is 23.0. The second-order valence-corrected chi connectivity index (χ2v) is 10.5. The molecule has 6 rings (SSSR count). The number of thiazole rings is 1. The Bertz CT molecular complexity index is 1630. The van der Waals surface area contributed by atoms with Gasteiger partial charge in [-0.2, -0.15) is 0 Å². The van der Waals surface area contributed by atoms with Crippen LogP contribution in [0.3, 0.4) is 0 Å². The number of carbonyl (C=O) groups excluding carboxylic acids is 1. The van der Waals surface area contributed by atoms with Gasteiger partial charge in [0.1, 0.15) is 29.0 Å². The smallest absolute Gasteiger partial charge is 0.271 e. The quantitative estimate of drug-likeness (QED) is 0.392. The third-order valence-corrected chi connectivity index (χ3v) is 7.86. The third kappa shape index (κ3) is 3.24. The van der Waals surface area contributed by atoms with Crippen molar-refractivity contribution in [3.8, 4) is 17.1 Å². The van der Waals surface area contributed by atoms with Crippen molar-refractivity contribution >= 4 is 39.1 Å². The van der Waals surface area contributed by atoms with E-state index in [1.807, 2.05) is 67.6 Å². The molecule has 0 aliphatic carbocycles. The molecule has 170 valence electrons. The van der Waals surface area contributed by atoms with Crippen molar-refractivity contribution in [2.45, 2.75) is 25.6 Å². The number of ether oxygens (including phenoxy) is 1. The lowest BCUT2D eigenvalue weighted by molar-refractivity contribution is -0.132. The molecule has 3 atom stereocenters. The lowest BCUT2D eigenvalue weighted by Gasteiger charge is -2.45. The maximum atomic E-state index is 13.6. The van der Waals surface area contributed by atoms with Gasteiger partial charge in [0.15, 0.2) is 4.80 Å². The number of halogens is 1. The molecule has 2 aliphatic heterocycles. The maximum absolute atomic E-state index is 13.6. The SMILES string of the molecule is CC(=O)C1C2c3ccccc3OC1(C)N=c1sc(=Cc3ccc(-c4ccc(Br)cc4)o3)c(=O)n12. The van der Waals surface area contributed by atoms with E-state index in [1.54, 1.807) is 10.6 Å². The van der Waals surface area contributed by atoms with Crippen LogP contribution in [0.4, 0.5) is 0 Å². The number of benzene rings is 2. The van der Waals surface area contributed by atoms with Crippen LogP contribution in [0.25, 0.3) is 17.4 Å². The average Bonchev–Trinajstić information content (AvgIpc) is 3.37. The molecule has 4 heterocycles. The van der Waals surface area contributed by atoms with E-state index in [4.69, 9.17) is 14.1 Å². The number of fused-ring (bicyclic) bond motifs is 6. The number of para-hydroxylation sites is 1. The molecule has 6 nitrogen and oxygen atoms in total. The van der Waals surface area contributed by atoms with Gasteiger partial charge >= 0.3 is 0 Å². The van der Waals surface area contributed by atoms with Gasteiger partial charge in [-0.15, -0.1) is 0 Å². The minimum atomic E-state index is -1.07. The highest BCUT2D eigenvalue weighted by molar-refractivity contribution is 9.10. The number of nitrogens with zero attached hydrogens (tertiary/aromatic N) is 2. The van der Waals surface area contributed by atoms with Crippen LogP contribution in [-0.2, 0) is 4.79 Å².